The molecule has 1 fully saturated rings. The molecule has 1 aliphatic rings. The van der Waals surface area contributed by atoms with E-state index >= 15 is 0 Å². The zero-order valence-electron chi connectivity index (χ0n) is 15.8. The minimum absolute atomic E-state index is 0.137. The van der Waals surface area contributed by atoms with Gasteiger partial charge in [-0.1, -0.05) is 0 Å². The first-order chi connectivity index (χ1) is 13.3. The van der Waals surface area contributed by atoms with Gasteiger partial charge in [-0.05, 0) is 13.0 Å². The Labute approximate surface area is 160 Å². The molecule has 1 atom stereocenters. The second-order valence-electron chi connectivity index (χ2n) is 7.08. The van der Waals surface area contributed by atoms with Gasteiger partial charge in [0.05, 0.1) is 12.4 Å². The first-order valence-corrected chi connectivity index (χ1v) is 9.12. The van der Waals surface area contributed by atoms with Gasteiger partial charge in [0.2, 0.25) is 11.8 Å². The van der Waals surface area contributed by atoms with E-state index < -0.39 is 11.8 Å². The fourth-order valence-corrected chi connectivity index (χ4v) is 3.44. The van der Waals surface area contributed by atoms with Crippen LogP contribution in [0, 0.1) is 5.92 Å². The minimum atomic E-state index is -0.786. The van der Waals surface area contributed by atoms with Crippen molar-refractivity contribution >= 4 is 23.0 Å². The van der Waals surface area contributed by atoms with Crippen molar-refractivity contribution < 1.29 is 14.7 Å². The van der Waals surface area contributed by atoms with Crippen molar-refractivity contribution in [2.75, 3.05) is 13.1 Å². The van der Waals surface area contributed by atoms with Gasteiger partial charge < -0.3 is 15.0 Å². The number of amides is 2. The van der Waals surface area contributed by atoms with Crippen LogP contribution < -0.4 is 21.9 Å². The number of aliphatic hydroxyl groups is 1. The summed E-state index contributed by atoms with van der Waals surface area (Å²) in [7, 11) is 3.00. The lowest BCUT2D eigenvalue weighted by molar-refractivity contribution is -0.136. The van der Waals surface area contributed by atoms with Crippen LogP contribution in [0.2, 0.25) is 0 Å². The minimum Gasteiger partial charge on any atom is -0.391 e. The standard InChI is InChI=1S/C17H24N6O5/c1-21-15-14(16(27)22(2)17(21)28)23(9-19-15)5-3-4-18-8-11(24)10-6-12(25)20-13(26)7-10/h9-11,18,24H,3-8H2,1-2H3,(H,20,25,26). The van der Waals surface area contributed by atoms with E-state index in [1.54, 1.807) is 11.6 Å². The summed E-state index contributed by atoms with van der Waals surface area (Å²) in [4.78, 5) is 51.2. The molecular formula is C17H24N6O5. The van der Waals surface area contributed by atoms with E-state index in [1.165, 1.54) is 17.9 Å². The summed E-state index contributed by atoms with van der Waals surface area (Å²) in [5, 5.41) is 15.5. The Morgan fingerprint density at radius 2 is 1.89 bits per heavy atom. The van der Waals surface area contributed by atoms with E-state index in [2.05, 4.69) is 15.6 Å². The van der Waals surface area contributed by atoms with Gasteiger partial charge in [-0.3, -0.25) is 28.8 Å². The Morgan fingerprint density at radius 3 is 2.57 bits per heavy atom. The van der Waals surface area contributed by atoms with Crippen LogP contribution in [0.3, 0.4) is 0 Å². The van der Waals surface area contributed by atoms with E-state index in [1.807, 2.05) is 0 Å². The average Bonchev–Trinajstić information content (AvgIpc) is 3.07. The van der Waals surface area contributed by atoms with Crippen molar-refractivity contribution in [2.24, 2.45) is 20.0 Å². The Kier molecular flexibility index (Phi) is 5.75. The predicted octanol–water partition coefficient (Wildman–Crippen LogP) is -2.17. The number of fused-ring (bicyclic) bond motifs is 1. The van der Waals surface area contributed by atoms with Gasteiger partial charge >= 0.3 is 5.69 Å². The smallest absolute Gasteiger partial charge is 0.332 e. The number of aryl methyl sites for hydroxylation is 2. The summed E-state index contributed by atoms with van der Waals surface area (Å²) < 4.78 is 4.10. The zero-order valence-corrected chi connectivity index (χ0v) is 15.8. The maximum absolute atomic E-state index is 12.4. The molecule has 2 amide bonds. The number of carbonyl (C=O) groups is 2. The summed E-state index contributed by atoms with van der Waals surface area (Å²) in [6.07, 6.45) is 1.68. The summed E-state index contributed by atoms with van der Waals surface area (Å²) in [6.45, 7) is 1.35. The van der Waals surface area contributed by atoms with Gasteiger partial charge in [-0.2, -0.15) is 0 Å². The molecule has 0 spiro atoms. The fraction of sp³-hybridized carbons (Fsp3) is 0.588. The van der Waals surface area contributed by atoms with Gasteiger partial charge in [0.15, 0.2) is 11.2 Å². The lowest BCUT2D eigenvalue weighted by Gasteiger charge is -2.25. The molecule has 2 aromatic heterocycles. The van der Waals surface area contributed by atoms with Gasteiger partial charge in [0, 0.05) is 45.9 Å². The highest BCUT2D eigenvalue weighted by molar-refractivity contribution is 5.97. The zero-order chi connectivity index (χ0) is 20.4. The SMILES string of the molecule is Cn1c(=O)c2c(ncn2CCCNCC(O)C2CC(=O)NC(=O)C2)n(C)c1=O. The van der Waals surface area contributed by atoms with Gasteiger partial charge in [-0.15, -0.1) is 0 Å². The van der Waals surface area contributed by atoms with Gasteiger partial charge in [0.1, 0.15) is 0 Å². The number of nitrogens with zero attached hydrogens (tertiary/aromatic N) is 4. The summed E-state index contributed by atoms with van der Waals surface area (Å²) >= 11 is 0. The molecule has 0 aromatic carbocycles. The molecule has 0 bridgehead atoms. The summed E-state index contributed by atoms with van der Waals surface area (Å²) in [6, 6.07) is 0. The van der Waals surface area contributed by atoms with Crippen molar-refractivity contribution in [3.05, 3.63) is 27.2 Å². The van der Waals surface area contributed by atoms with Crippen molar-refractivity contribution in [3.63, 3.8) is 0 Å². The molecule has 3 heterocycles. The number of nitrogens with one attached hydrogen (secondary N) is 2. The van der Waals surface area contributed by atoms with Crippen LogP contribution in [-0.2, 0) is 30.2 Å². The molecule has 3 N–H and O–H groups in total. The molecule has 1 aliphatic heterocycles. The van der Waals surface area contributed by atoms with E-state index in [0.29, 0.717) is 30.7 Å². The third-order valence-electron chi connectivity index (χ3n) is 5.04. The summed E-state index contributed by atoms with van der Waals surface area (Å²) in [5.74, 6) is -1.10. The average molecular weight is 392 g/mol. The lowest BCUT2D eigenvalue weighted by atomic mass is 9.91. The number of aliphatic hydroxyl groups excluding tert-OH is 1. The number of hydrogen-bond donors (Lipinski definition) is 3. The molecule has 0 radical (unpaired) electrons. The van der Waals surface area contributed by atoms with E-state index in [4.69, 9.17) is 0 Å². The predicted molar refractivity (Wildman–Crippen MR) is 99.6 cm³/mol. The van der Waals surface area contributed by atoms with Crippen molar-refractivity contribution in [2.45, 2.75) is 31.9 Å². The Hall–Kier alpha value is -2.79. The van der Waals surface area contributed by atoms with Gasteiger partial charge in [-0.25, -0.2) is 9.78 Å². The van der Waals surface area contributed by atoms with Crippen LogP contribution in [0.15, 0.2) is 15.9 Å². The van der Waals surface area contributed by atoms with Gasteiger partial charge in [0.25, 0.3) is 5.56 Å². The molecule has 2 aromatic rings. The molecule has 0 aliphatic carbocycles. The molecule has 11 nitrogen and oxygen atoms in total. The highest BCUT2D eigenvalue weighted by Gasteiger charge is 2.29. The van der Waals surface area contributed by atoms with Crippen molar-refractivity contribution in [1.29, 1.82) is 0 Å². The van der Waals surface area contributed by atoms with Crippen LogP contribution in [0.4, 0.5) is 0 Å². The highest BCUT2D eigenvalue weighted by Crippen LogP contribution is 2.17. The third kappa shape index (κ3) is 3.90. The van der Waals surface area contributed by atoms with Crippen LogP contribution in [0.25, 0.3) is 11.2 Å². The molecule has 11 heteroatoms. The summed E-state index contributed by atoms with van der Waals surface area (Å²) in [5.41, 5.74) is -0.0967. The topological polar surface area (TPSA) is 140 Å². The van der Waals surface area contributed by atoms with E-state index in [-0.39, 0.29) is 42.7 Å². The number of hydrogen-bond acceptors (Lipinski definition) is 7. The Morgan fingerprint density at radius 1 is 1.21 bits per heavy atom. The van der Waals surface area contributed by atoms with Crippen molar-refractivity contribution in [1.82, 2.24) is 29.3 Å². The Bertz CT molecular complexity index is 1000. The molecule has 1 saturated heterocycles. The molecule has 28 heavy (non-hydrogen) atoms. The second kappa shape index (κ2) is 8.07. The normalized spacial score (nSPS) is 16.5. The third-order valence-corrected chi connectivity index (χ3v) is 5.04. The van der Waals surface area contributed by atoms with Crippen molar-refractivity contribution in [3.8, 4) is 0 Å². The molecule has 152 valence electrons. The number of aromatic nitrogens is 4. The molecular weight excluding hydrogens is 368 g/mol. The first-order valence-electron chi connectivity index (χ1n) is 9.12. The fourth-order valence-electron chi connectivity index (χ4n) is 3.44. The van der Waals surface area contributed by atoms with E-state index in [9.17, 15) is 24.3 Å². The Balaban J connectivity index is 1.53. The lowest BCUT2D eigenvalue weighted by Crippen LogP contribution is -2.44. The number of imidazole rings is 1. The van der Waals surface area contributed by atoms with Crippen LogP contribution in [0.1, 0.15) is 19.3 Å². The monoisotopic (exact) mass is 392 g/mol. The van der Waals surface area contributed by atoms with Crippen LogP contribution >= 0.6 is 0 Å². The van der Waals surface area contributed by atoms with Crippen LogP contribution in [-0.4, -0.2) is 54.8 Å². The number of carbonyl (C=O) groups excluding carboxylic acids is 2. The number of imide groups is 1. The first kappa shape index (κ1) is 20.0. The molecule has 3 rings (SSSR count). The number of piperidine rings is 1. The quantitative estimate of drug-likeness (QED) is 0.360. The largest absolute Gasteiger partial charge is 0.391 e. The number of rotatable bonds is 7. The molecule has 1 unspecified atom stereocenters. The second-order valence-corrected chi connectivity index (χ2v) is 7.08. The highest BCUT2D eigenvalue weighted by atomic mass is 16.3. The maximum atomic E-state index is 12.4. The molecule has 0 saturated carbocycles. The van der Waals surface area contributed by atoms with Crippen LogP contribution in [0.5, 0.6) is 0 Å². The maximum Gasteiger partial charge on any atom is 0.332 e. The van der Waals surface area contributed by atoms with E-state index in [0.717, 1.165) is 4.57 Å².